The van der Waals surface area contributed by atoms with E-state index in [-0.39, 0.29) is 0 Å². The smallest absolute Gasteiger partial charge is 0.224 e. The summed E-state index contributed by atoms with van der Waals surface area (Å²) in [5.74, 6) is 2.08. The third-order valence-electron chi connectivity index (χ3n) is 5.05. The lowest BCUT2D eigenvalue weighted by atomic mass is 10.1. The Balaban J connectivity index is 1.87. The van der Waals surface area contributed by atoms with Crippen LogP contribution in [0, 0.1) is 13.8 Å². The summed E-state index contributed by atoms with van der Waals surface area (Å²) in [6.07, 6.45) is 2.31. The highest BCUT2D eigenvalue weighted by Crippen LogP contribution is 2.34. The predicted molar refractivity (Wildman–Crippen MR) is 109 cm³/mol. The van der Waals surface area contributed by atoms with Crippen LogP contribution >= 0.6 is 0 Å². The molecule has 2 aromatic heterocycles. The fourth-order valence-corrected chi connectivity index (χ4v) is 3.30. The maximum Gasteiger partial charge on any atom is 0.224 e. The first kappa shape index (κ1) is 18.3. The van der Waals surface area contributed by atoms with Crippen molar-refractivity contribution in [3.05, 3.63) is 35.7 Å². The van der Waals surface area contributed by atoms with Crippen molar-refractivity contribution < 1.29 is 9.47 Å². The van der Waals surface area contributed by atoms with E-state index in [1.807, 2.05) is 42.9 Å². The van der Waals surface area contributed by atoms with Gasteiger partial charge >= 0.3 is 0 Å². The summed E-state index contributed by atoms with van der Waals surface area (Å²) < 4.78 is 12.7. The van der Waals surface area contributed by atoms with Gasteiger partial charge in [0.15, 0.2) is 0 Å². The molecular weight excluding hydrogens is 354 g/mol. The standard InChI is InChI=1S/C21H25N5O2/c1-12-20(13(2)26(3)25-12)19-11-18(23-21(24-19)22-15-6-7-15)14-8-16(27-4)10-17(9-14)28-5/h8-11,15H,6-7H2,1-5H3,(H,22,23,24). The molecule has 28 heavy (non-hydrogen) atoms. The Morgan fingerprint density at radius 1 is 0.964 bits per heavy atom. The molecule has 4 rings (SSSR count). The first-order valence-corrected chi connectivity index (χ1v) is 9.38. The van der Waals surface area contributed by atoms with E-state index < -0.39 is 0 Å². The highest BCUT2D eigenvalue weighted by Gasteiger charge is 2.23. The molecule has 1 aromatic carbocycles. The maximum absolute atomic E-state index is 5.43. The Hall–Kier alpha value is -3.09. The molecule has 0 radical (unpaired) electrons. The van der Waals surface area contributed by atoms with Crippen molar-refractivity contribution in [2.75, 3.05) is 19.5 Å². The summed E-state index contributed by atoms with van der Waals surface area (Å²) in [5, 5.41) is 7.97. The van der Waals surface area contributed by atoms with Crippen LogP contribution in [-0.2, 0) is 7.05 Å². The number of nitrogens with one attached hydrogen (secondary N) is 1. The average Bonchev–Trinajstić information content (AvgIpc) is 3.46. The SMILES string of the molecule is COc1cc(OC)cc(-c2cc(-c3c(C)nn(C)c3C)nc(NC3CC3)n2)c1. The number of nitrogens with zero attached hydrogens (tertiary/aromatic N) is 4. The number of methoxy groups -OCH3 is 2. The average molecular weight is 379 g/mol. The van der Waals surface area contributed by atoms with Crippen molar-refractivity contribution in [2.45, 2.75) is 32.7 Å². The first-order chi connectivity index (χ1) is 13.5. The van der Waals surface area contributed by atoms with E-state index in [1.54, 1.807) is 14.2 Å². The van der Waals surface area contributed by atoms with Gasteiger partial charge in [0.25, 0.3) is 0 Å². The second kappa shape index (κ2) is 7.14. The van der Waals surface area contributed by atoms with Gasteiger partial charge in [-0.15, -0.1) is 0 Å². The van der Waals surface area contributed by atoms with E-state index in [9.17, 15) is 0 Å². The lowest BCUT2D eigenvalue weighted by Crippen LogP contribution is -2.07. The minimum absolute atomic E-state index is 0.457. The lowest BCUT2D eigenvalue weighted by Gasteiger charge is -2.12. The largest absolute Gasteiger partial charge is 0.497 e. The summed E-state index contributed by atoms with van der Waals surface area (Å²) in [7, 11) is 5.24. The number of hydrogen-bond acceptors (Lipinski definition) is 6. The quantitative estimate of drug-likeness (QED) is 0.703. The molecule has 7 nitrogen and oxygen atoms in total. The highest BCUT2D eigenvalue weighted by molar-refractivity contribution is 5.73. The number of hydrogen-bond donors (Lipinski definition) is 1. The van der Waals surface area contributed by atoms with E-state index in [0.717, 1.165) is 58.2 Å². The minimum atomic E-state index is 0.457. The molecule has 7 heteroatoms. The highest BCUT2D eigenvalue weighted by atomic mass is 16.5. The van der Waals surface area contributed by atoms with E-state index in [1.165, 1.54) is 0 Å². The van der Waals surface area contributed by atoms with Crippen molar-refractivity contribution in [3.8, 4) is 34.0 Å². The van der Waals surface area contributed by atoms with Gasteiger partial charge in [-0.25, -0.2) is 9.97 Å². The summed E-state index contributed by atoms with van der Waals surface area (Å²) in [6.45, 7) is 4.06. The Kier molecular flexibility index (Phi) is 4.66. The first-order valence-electron chi connectivity index (χ1n) is 9.38. The van der Waals surface area contributed by atoms with Crippen LogP contribution < -0.4 is 14.8 Å². The van der Waals surface area contributed by atoms with Crippen molar-refractivity contribution in [1.82, 2.24) is 19.7 Å². The molecule has 0 unspecified atom stereocenters. The summed E-state index contributed by atoms with van der Waals surface area (Å²) >= 11 is 0. The lowest BCUT2D eigenvalue weighted by molar-refractivity contribution is 0.394. The molecule has 1 aliphatic rings. The van der Waals surface area contributed by atoms with Gasteiger partial charge in [0.2, 0.25) is 5.95 Å². The predicted octanol–water partition coefficient (Wildman–Crippen LogP) is 3.75. The van der Waals surface area contributed by atoms with Gasteiger partial charge in [-0.05, 0) is 44.9 Å². The van der Waals surface area contributed by atoms with E-state index in [0.29, 0.717) is 12.0 Å². The number of aryl methyl sites for hydroxylation is 2. The molecule has 1 N–H and O–H groups in total. The zero-order valence-corrected chi connectivity index (χ0v) is 16.9. The molecule has 0 spiro atoms. The van der Waals surface area contributed by atoms with E-state index >= 15 is 0 Å². The maximum atomic E-state index is 5.43. The van der Waals surface area contributed by atoms with Gasteiger partial charge < -0.3 is 14.8 Å². The molecule has 2 heterocycles. The molecule has 1 fully saturated rings. The molecular formula is C21H25N5O2. The molecule has 0 atom stereocenters. The van der Waals surface area contributed by atoms with Gasteiger partial charge in [-0.1, -0.05) is 0 Å². The number of ether oxygens (including phenoxy) is 2. The monoisotopic (exact) mass is 379 g/mol. The van der Waals surface area contributed by atoms with E-state index in [2.05, 4.69) is 17.3 Å². The number of rotatable bonds is 6. The number of benzene rings is 1. The molecule has 146 valence electrons. The fourth-order valence-electron chi connectivity index (χ4n) is 3.30. The number of aromatic nitrogens is 4. The van der Waals surface area contributed by atoms with Crippen LogP contribution in [0.15, 0.2) is 24.3 Å². The van der Waals surface area contributed by atoms with Crippen LogP contribution in [0.5, 0.6) is 11.5 Å². The topological polar surface area (TPSA) is 74.1 Å². The van der Waals surface area contributed by atoms with E-state index in [4.69, 9.17) is 19.4 Å². The Bertz CT molecular complexity index is 1000. The third-order valence-corrected chi connectivity index (χ3v) is 5.05. The molecule has 3 aromatic rings. The van der Waals surface area contributed by atoms with Crippen molar-refractivity contribution >= 4 is 5.95 Å². The van der Waals surface area contributed by atoms with Crippen LogP contribution in [0.1, 0.15) is 24.2 Å². The van der Waals surface area contributed by atoms with Crippen LogP contribution in [0.3, 0.4) is 0 Å². The molecule has 0 aliphatic heterocycles. The fraction of sp³-hybridized carbons (Fsp3) is 0.381. The van der Waals surface area contributed by atoms with Gasteiger partial charge in [0.05, 0.1) is 31.3 Å². The van der Waals surface area contributed by atoms with Crippen LogP contribution in [0.25, 0.3) is 22.5 Å². The van der Waals surface area contributed by atoms with Crippen molar-refractivity contribution in [3.63, 3.8) is 0 Å². The van der Waals surface area contributed by atoms with Crippen LogP contribution in [0.4, 0.5) is 5.95 Å². The number of anilines is 1. The van der Waals surface area contributed by atoms with Crippen LogP contribution in [0.2, 0.25) is 0 Å². The molecule has 0 saturated heterocycles. The normalized spacial score (nSPS) is 13.5. The van der Waals surface area contributed by atoms with Gasteiger partial charge in [-0.3, -0.25) is 4.68 Å². The Morgan fingerprint density at radius 3 is 2.14 bits per heavy atom. The van der Waals surface area contributed by atoms with Gasteiger partial charge in [0.1, 0.15) is 11.5 Å². The summed E-state index contributed by atoms with van der Waals surface area (Å²) in [4.78, 5) is 9.56. The molecule has 1 saturated carbocycles. The van der Waals surface area contributed by atoms with Gasteiger partial charge in [-0.2, -0.15) is 5.10 Å². The summed E-state index contributed by atoms with van der Waals surface area (Å²) in [5.41, 5.74) is 5.65. The second-order valence-electron chi connectivity index (χ2n) is 7.15. The minimum Gasteiger partial charge on any atom is -0.497 e. The zero-order valence-electron chi connectivity index (χ0n) is 16.9. The Labute approximate surface area is 164 Å². The molecule has 0 bridgehead atoms. The Morgan fingerprint density at radius 2 is 1.61 bits per heavy atom. The van der Waals surface area contributed by atoms with Crippen molar-refractivity contribution in [2.24, 2.45) is 7.05 Å². The second-order valence-corrected chi connectivity index (χ2v) is 7.15. The van der Waals surface area contributed by atoms with Crippen LogP contribution in [-0.4, -0.2) is 40.0 Å². The zero-order chi connectivity index (χ0) is 19.8. The summed E-state index contributed by atoms with van der Waals surface area (Å²) in [6, 6.07) is 8.23. The molecule has 1 aliphatic carbocycles. The third kappa shape index (κ3) is 3.52. The van der Waals surface area contributed by atoms with Gasteiger partial charge in [0, 0.05) is 36.0 Å². The van der Waals surface area contributed by atoms with Crippen molar-refractivity contribution in [1.29, 1.82) is 0 Å². The molecule has 0 amide bonds.